The smallest absolute Gasteiger partial charge is 0.280 e. The number of anilines is 1. The molecule has 1 saturated carbocycles. The molecule has 2 atom stereocenters. The maximum Gasteiger partial charge on any atom is 0.280 e. The van der Waals surface area contributed by atoms with Crippen LogP contribution in [0.1, 0.15) is 32.6 Å². The van der Waals surface area contributed by atoms with Crippen molar-refractivity contribution in [1.82, 2.24) is 10.2 Å². The van der Waals surface area contributed by atoms with Gasteiger partial charge in [-0.05, 0) is 40.6 Å². The standard InChI is InChI=1S/C12H18BrN3O/c1-8-3-2-4-9(5-8)6-14-10-7-15-16-12(17)11(10)13/h7-9H,2-6H2,1H3,(H2,14,16,17). The van der Waals surface area contributed by atoms with Gasteiger partial charge in [-0.1, -0.05) is 19.8 Å². The first kappa shape index (κ1) is 12.6. The molecule has 1 aromatic rings. The van der Waals surface area contributed by atoms with Gasteiger partial charge in [-0.3, -0.25) is 4.79 Å². The number of nitrogens with one attached hydrogen (secondary N) is 2. The maximum absolute atomic E-state index is 11.3. The van der Waals surface area contributed by atoms with Crippen LogP contribution < -0.4 is 10.9 Å². The summed E-state index contributed by atoms with van der Waals surface area (Å²) in [5.74, 6) is 1.54. The molecule has 2 unspecified atom stereocenters. The first-order chi connectivity index (χ1) is 8.16. The van der Waals surface area contributed by atoms with Gasteiger partial charge < -0.3 is 5.32 Å². The number of nitrogens with zero attached hydrogens (tertiary/aromatic N) is 1. The van der Waals surface area contributed by atoms with Crippen LogP contribution in [0.15, 0.2) is 15.5 Å². The highest BCUT2D eigenvalue weighted by molar-refractivity contribution is 9.10. The molecule has 0 spiro atoms. The molecule has 0 radical (unpaired) electrons. The first-order valence-electron chi connectivity index (χ1n) is 6.14. The summed E-state index contributed by atoms with van der Waals surface area (Å²) in [7, 11) is 0. The van der Waals surface area contributed by atoms with Crippen molar-refractivity contribution in [3.05, 3.63) is 21.0 Å². The minimum Gasteiger partial charge on any atom is -0.382 e. The lowest BCUT2D eigenvalue weighted by molar-refractivity contribution is 0.293. The highest BCUT2D eigenvalue weighted by atomic mass is 79.9. The van der Waals surface area contributed by atoms with Gasteiger partial charge in [-0.15, -0.1) is 0 Å². The molecule has 1 aliphatic carbocycles. The Kier molecular flexibility index (Phi) is 4.20. The van der Waals surface area contributed by atoms with Gasteiger partial charge in [0.15, 0.2) is 0 Å². The SMILES string of the molecule is CC1CCCC(CNc2cn[nH]c(=O)c2Br)C1. The summed E-state index contributed by atoms with van der Waals surface area (Å²) in [6.45, 7) is 3.24. The number of aromatic amines is 1. The highest BCUT2D eigenvalue weighted by Gasteiger charge is 2.18. The molecular weight excluding hydrogens is 282 g/mol. The number of H-pyrrole nitrogens is 1. The van der Waals surface area contributed by atoms with Crippen LogP contribution in [0.3, 0.4) is 0 Å². The molecule has 94 valence electrons. The molecule has 1 fully saturated rings. The molecule has 1 heterocycles. The molecule has 0 amide bonds. The number of halogens is 1. The predicted molar refractivity (Wildman–Crippen MR) is 72.2 cm³/mol. The van der Waals surface area contributed by atoms with Gasteiger partial charge in [0.1, 0.15) is 4.47 Å². The van der Waals surface area contributed by atoms with Gasteiger partial charge in [0, 0.05) is 6.54 Å². The summed E-state index contributed by atoms with van der Waals surface area (Å²) in [5.41, 5.74) is 0.596. The van der Waals surface area contributed by atoms with Crippen LogP contribution in [0.2, 0.25) is 0 Å². The Morgan fingerprint density at radius 3 is 3.18 bits per heavy atom. The minimum atomic E-state index is -0.188. The Bertz CT molecular complexity index is 432. The number of aromatic nitrogens is 2. The van der Waals surface area contributed by atoms with Crippen LogP contribution in [-0.2, 0) is 0 Å². The summed E-state index contributed by atoms with van der Waals surface area (Å²) in [4.78, 5) is 11.3. The van der Waals surface area contributed by atoms with Gasteiger partial charge in [0.25, 0.3) is 5.56 Å². The van der Waals surface area contributed by atoms with E-state index in [1.54, 1.807) is 6.20 Å². The van der Waals surface area contributed by atoms with Crippen molar-refractivity contribution in [3.8, 4) is 0 Å². The lowest BCUT2D eigenvalue weighted by Gasteiger charge is -2.27. The lowest BCUT2D eigenvalue weighted by atomic mass is 9.82. The van der Waals surface area contributed by atoms with Crippen LogP contribution >= 0.6 is 15.9 Å². The Morgan fingerprint density at radius 1 is 1.59 bits per heavy atom. The van der Waals surface area contributed by atoms with E-state index < -0.39 is 0 Å². The average molecular weight is 300 g/mol. The predicted octanol–water partition coefficient (Wildman–Crippen LogP) is 2.77. The fourth-order valence-corrected chi connectivity index (χ4v) is 2.84. The van der Waals surface area contributed by atoms with E-state index in [9.17, 15) is 4.79 Å². The topological polar surface area (TPSA) is 57.8 Å². The fourth-order valence-electron chi connectivity index (χ4n) is 2.51. The van der Waals surface area contributed by atoms with E-state index in [2.05, 4.69) is 38.4 Å². The Hall–Kier alpha value is -0.840. The second-order valence-corrected chi connectivity index (χ2v) is 5.74. The van der Waals surface area contributed by atoms with Gasteiger partial charge in [-0.25, -0.2) is 5.10 Å². The summed E-state index contributed by atoms with van der Waals surface area (Å²) in [6.07, 6.45) is 6.89. The van der Waals surface area contributed by atoms with Crippen molar-refractivity contribution in [2.24, 2.45) is 11.8 Å². The monoisotopic (exact) mass is 299 g/mol. The quantitative estimate of drug-likeness (QED) is 0.902. The average Bonchev–Trinajstić information content (AvgIpc) is 2.31. The summed E-state index contributed by atoms with van der Waals surface area (Å²) in [5, 5.41) is 9.50. The molecule has 0 saturated heterocycles. The Labute approximate surface area is 109 Å². The van der Waals surface area contributed by atoms with E-state index in [1.165, 1.54) is 25.7 Å². The molecule has 2 N–H and O–H groups in total. The molecule has 0 bridgehead atoms. The van der Waals surface area contributed by atoms with Crippen LogP contribution in [0.4, 0.5) is 5.69 Å². The van der Waals surface area contributed by atoms with Crippen LogP contribution in [0, 0.1) is 11.8 Å². The Balaban J connectivity index is 1.93. The number of rotatable bonds is 3. The van der Waals surface area contributed by atoms with Crippen LogP contribution in [-0.4, -0.2) is 16.7 Å². The third-order valence-corrected chi connectivity index (χ3v) is 4.21. The van der Waals surface area contributed by atoms with Crippen LogP contribution in [0.5, 0.6) is 0 Å². The Morgan fingerprint density at radius 2 is 2.41 bits per heavy atom. The van der Waals surface area contributed by atoms with Crippen molar-refractivity contribution in [1.29, 1.82) is 0 Å². The zero-order chi connectivity index (χ0) is 12.3. The second kappa shape index (κ2) is 5.67. The van der Waals surface area contributed by atoms with E-state index >= 15 is 0 Å². The zero-order valence-corrected chi connectivity index (χ0v) is 11.6. The molecule has 0 aromatic carbocycles. The molecule has 0 aliphatic heterocycles. The largest absolute Gasteiger partial charge is 0.382 e. The number of hydrogen-bond donors (Lipinski definition) is 2. The molecule has 17 heavy (non-hydrogen) atoms. The normalized spacial score (nSPS) is 24.6. The summed E-state index contributed by atoms with van der Waals surface area (Å²) >= 11 is 3.27. The van der Waals surface area contributed by atoms with E-state index in [4.69, 9.17) is 0 Å². The second-order valence-electron chi connectivity index (χ2n) is 4.95. The summed E-state index contributed by atoms with van der Waals surface area (Å²) < 4.78 is 0.538. The zero-order valence-electron chi connectivity index (χ0n) is 10.0. The molecule has 1 aliphatic rings. The van der Waals surface area contributed by atoms with Gasteiger partial charge in [0.2, 0.25) is 0 Å². The molecule has 4 nitrogen and oxygen atoms in total. The molecule has 5 heteroatoms. The third-order valence-electron chi connectivity index (χ3n) is 3.42. The first-order valence-corrected chi connectivity index (χ1v) is 6.93. The lowest BCUT2D eigenvalue weighted by Crippen LogP contribution is -2.22. The van der Waals surface area contributed by atoms with Crippen molar-refractivity contribution in [2.75, 3.05) is 11.9 Å². The maximum atomic E-state index is 11.3. The van der Waals surface area contributed by atoms with Crippen molar-refractivity contribution in [3.63, 3.8) is 0 Å². The van der Waals surface area contributed by atoms with E-state index in [0.29, 0.717) is 10.4 Å². The minimum absolute atomic E-state index is 0.188. The van der Waals surface area contributed by atoms with Crippen molar-refractivity contribution < 1.29 is 0 Å². The van der Waals surface area contributed by atoms with Crippen molar-refractivity contribution >= 4 is 21.6 Å². The van der Waals surface area contributed by atoms with E-state index in [1.807, 2.05) is 0 Å². The van der Waals surface area contributed by atoms with Gasteiger partial charge in [0.05, 0.1) is 11.9 Å². The molecule has 1 aromatic heterocycles. The van der Waals surface area contributed by atoms with Gasteiger partial charge in [-0.2, -0.15) is 5.10 Å². The molecule has 2 rings (SSSR count). The highest BCUT2D eigenvalue weighted by Crippen LogP contribution is 2.29. The van der Waals surface area contributed by atoms with Gasteiger partial charge >= 0.3 is 0 Å². The summed E-state index contributed by atoms with van der Waals surface area (Å²) in [6, 6.07) is 0. The molecular formula is C12H18BrN3O. The van der Waals surface area contributed by atoms with E-state index in [0.717, 1.165) is 18.2 Å². The third kappa shape index (κ3) is 3.31. The number of hydrogen-bond acceptors (Lipinski definition) is 3. The van der Waals surface area contributed by atoms with Crippen molar-refractivity contribution in [2.45, 2.75) is 32.6 Å². The fraction of sp³-hybridized carbons (Fsp3) is 0.667. The van der Waals surface area contributed by atoms with Crippen LogP contribution in [0.25, 0.3) is 0 Å². The van der Waals surface area contributed by atoms with E-state index in [-0.39, 0.29) is 5.56 Å².